The van der Waals surface area contributed by atoms with Crippen LogP contribution in [0.1, 0.15) is 23.2 Å². The molecule has 1 saturated carbocycles. The molecule has 2 nitrogen and oxygen atoms in total. The topological polar surface area (TPSA) is 29.1 Å². The Morgan fingerprint density at radius 1 is 1.24 bits per heavy atom. The molecule has 0 heterocycles. The lowest BCUT2D eigenvalue weighted by molar-refractivity contribution is -0.0885. The molecule has 0 aromatic heterocycles. The Bertz CT molecular complexity index is 407. The van der Waals surface area contributed by atoms with Gasteiger partial charge < -0.3 is 5.32 Å². The van der Waals surface area contributed by atoms with Crippen LogP contribution in [0.2, 0.25) is 0 Å². The molecule has 1 fully saturated rings. The largest absolute Gasteiger partial charge is 0.454 e. The first-order valence-electron chi connectivity index (χ1n) is 5.42. The highest BCUT2D eigenvalue weighted by atomic mass is 19.4. The van der Waals surface area contributed by atoms with Crippen LogP contribution in [0.5, 0.6) is 0 Å². The number of alkyl halides is 3. The molecule has 0 aliphatic heterocycles. The Hall–Kier alpha value is -1.52. The molecule has 0 saturated heterocycles. The van der Waals surface area contributed by atoms with E-state index >= 15 is 0 Å². The summed E-state index contributed by atoms with van der Waals surface area (Å²) in [5, 5.41) is 3.12. The van der Waals surface area contributed by atoms with E-state index in [-0.39, 0.29) is 5.56 Å². The zero-order chi connectivity index (χ0) is 12.5. The third-order valence-electron chi connectivity index (χ3n) is 2.70. The fourth-order valence-corrected chi connectivity index (χ4v) is 1.49. The number of benzene rings is 1. The maximum Gasteiger partial charge on any atom is 0.454 e. The van der Waals surface area contributed by atoms with E-state index in [0.717, 1.165) is 12.2 Å². The molecular weight excluding hydrogens is 231 g/mol. The van der Waals surface area contributed by atoms with Gasteiger partial charge in [0.25, 0.3) is 5.78 Å². The van der Waals surface area contributed by atoms with E-state index in [4.69, 9.17) is 0 Å². The summed E-state index contributed by atoms with van der Waals surface area (Å²) in [6.45, 7) is 0.840. The summed E-state index contributed by atoms with van der Waals surface area (Å²) in [7, 11) is 0. The Labute approximate surface area is 96.8 Å². The molecule has 0 bridgehead atoms. The third kappa shape index (κ3) is 3.22. The number of hydrogen-bond donors (Lipinski definition) is 1. The van der Waals surface area contributed by atoms with Gasteiger partial charge >= 0.3 is 6.18 Å². The predicted octanol–water partition coefficient (Wildman–Crippen LogP) is 3.25. The normalized spacial score (nSPS) is 15.7. The molecule has 0 atom stereocenters. The van der Waals surface area contributed by atoms with E-state index in [0.29, 0.717) is 5.92 Å². The third-order valence-corrected chi connectivity index (χ3v) is 2.70. The minimum atomic E-state index is -4.80. The minimum absolute atomic E-state index is 0.325. The Balaban J connectivity index is 1.99. The quantitative estimate of drug-likeness (QED) is 0.822. The van der Waals surface area contributed by atoms with Crippen molar-refractivity contribution in [3.8, 4) is 0 Å². The molecule has 0 amide bonds. The zero-order valence-electron chi connectivity index (χ0n) is 9.05. The Morgan fingerprint density at radius 2 is 1.82 bits per heavy atom. The first kappa shape index (κ1) is 12.0. The summed E-state index contributed by atoms with van der Waals surface area (Å²) in [6.07, 6.45) is -2.39. The highest BCUT2D eigenvalue weighted by molar-refractivity contribution is 6.00. The van der Waals surface area contributed by atoms with Gasteiger partial charge in [-0.25, -0.2) is 0 Å². The monoisotopic (exact) mass is 243 g/mol. The number of Topliss-reactive ketones (excluding diaryl/α,β-unsaturated/α-hetero) is 1. The van der Waals surface area contributed by atoms with Crippen molar-refractivity contribution in [3.63, 3.8) is 0 Å². The lowest BCUT2D eigenvalue weighted by atomic mass is 10.1. The molecular formula is C12H12F3NO. The molecule has 1 N–H and O–H groups in total. The van der Waals surface area contributed by atoms with Crippen LogP contribution in [0, 0.1) is 5.92 Å². The SMILES string of the molecule is O=C(c1ccc(NCC2CC2)cc1)C(F)(F)F. The molecule has 5 heteroatoms. The van der Waals surface area contributed by atoms with Crippen LogP contribution in [-0.4, -0.2) is 18.5 Å². The van der Waals surface area contributed by atoms with Gasteiger partial charge in [-0.2, -0.15) is 13.2 Å². The average Bonchev–Trinajstić information content (AvgIpc) is 3.09. The van der Waals surface area contributed by atoms with Crippen LogP contribution in [0.3, 0.4) is 0 Å². The van der Waals surface area contributed by atoms with Crippen LogP contribution in [0.15, 0.2) is 24.3 Å². The number of rotatable bonds is 4. The maximum absolute atomic E-state index is 12.1. The predicted molar refractivity (Wildman–Crippen MR) is 58.0 cm³/mol. The van der Waals surface area contributed by atoms with Crippen molar-refractivity contribution >= 4 is 11.5 Å². The smallest absolute Gasteiger partial charge is 0.385 e. The molecule has 1 aromatic rings. The van der Waals surface area contributed by atoms with Gasteiger partial charge in [0, 0.05) is 17.8 Å². The lowest BCUT2D eigenvalue weighted by Crippen LogP contribution is -2.22. The van der Waals surface area contributed by atoms with Crippen molar-refractivity contribution in [3.05, 3.63) is 29.8 Å². The number of halogens is 3. The maximum atomic E-state index is 12.1. The van der Waals surface area contributed by atoms with Crippen molar-refractivity contribution in [1.29, 1.82) is 0 Å². The van der Waals surface area contributed by atoms with E-state index in [1.807, 2.05) is 0 Å². The summed E-state index contributed by atoms with van der Waals surface area (Å²) in [5.41, 5.74) is 0.421. The Kier molecular flexibility index (Phi) is 3.09. The second-order valence-corrected chi connectivity index (χ2v) is 4.23. The van der Waals surface area contributed by atoms with Crippen LogP contribution >= 0.6 is 0 Å². The fraction of sp³-hybridized carbons (Fsp3) is 0.417. The molecule has 0 radical (unpaired) electrons. The summed E-state index contributed by atoms with van der Waals surface area (Å²) < 4.78 is 36.4. The van der Waals surface area contributed by atoms with Gasteiger partial charge in [-0.1, -0.05) is 0 Å². The molecule has 2 rings (SSSR count). The second kappa shape index (κ2) is 4.39. The van der Waals surface area contributed by atoms with Gasteiger partial charge in [0.1, 0.15) is 0 Å². The summed E-state index contributed by atoms with van der Waals surface area (Å²) in [4.78, 5) is 10.9. The minimum Gasteiger partial charge on any atom is -0.385 e. The van der Waals surface area contributed by atoms with Crippen LogP contribution < -0.4 is 5.32 Å². The van der Waals surface area contributed by atoms with E-state index in [2.05, 4.69) is 5.32 Å². The number of nitrogens with one attached hydrogen (secondary N) is 1. The van der Waals surface area contributed by atoms with Crippen LogP contribution in [-0.2, 0) is 0 Å². The lowest BCUT2D eigenvalue weighted by Gasteiger charge is -2.07. The van der Waals surface area contributed by atoms with Crippen molar-refractivity contribution in [2.45, 2.75) is 19.0 Å². The van der Waals surface area contributed by atoms with Gasteiger partial charge in [0.2, 0.25) is 0 Å². The van der Waals surface area contributed by atoms with Gasteiger partial charge in [-0.15, -0.1) is 0 Å². The first-order chi connectivity index (χ1) is 7.97. The van der Waals surface area contributed by atoms with E-state index in [9.17, 15) is 18.0 Å². The van der Waals surface area contributed by atoms with E-state index < -0.39 is 12.0 Å². The van der Waals surface area contributed by atoms with Crippen LogP contribution in [0.4, 0.5) is 18.9 Å². The standard InChI is InChI=1S/C12H12F3NO/c13-12(14,15)11(17)9-3-5-10(6-4-9)16-7-8-1-2-8/h3-6,8,16H,1-2,7H2. The molecule has 1 aliphatic carbocycles. The highest BCUT2D eigenvalue weighted by Gasteiger charge is 2.39. The second-order valence-electron chi connectivity index (χ2n) is 4.23. The Morgan fingerprint density at radius 3 is 2.29 bits per heavy atom. The summed E-state index contributed by atoms with van der Waals surface area (Å²) in [6, 6.07) is 5.40. The van der Waals surface area contributed by atoms with Crippen molar-refractivity contribution in [2.24, 2.45) is 5.92 Å². The van der Waals surface area contributed by atoms with E-state index in [1.165, 1.54) is 37.1 Å². The zero-order valence-corrected chi connectivity index (χ0v) is 9.05. The highest BCUT2D eigenvalue weighted by Crippen LogP contribution is 2.29. The van der Waals surface area contributed by atoms with Gasteiger partial charge in [0.05, 0.1) is 0 Å². The number of ketones is 1. The molecule has 17 heavy (non-hydrogen) atoms. The molecule has 1 aromatic carbocycles. The number of anilines is 1. The van der Waals surface area contributed by atoms with Crippen molar-refractivity contribution < 1.29 is 18.0 Å². The summed E-state index contributed by atoms with van der Waals surface area (Å²) >= 11 is 0. The van der Waals surface area contributed by atoms with Gasteiger partial charge in [0.15, 0.2) is 0 Å². The molecule has 0 unspecified atom stereocenters. The van der Waals surface area contributed by atoms with Gasteiger partial charge in [-0.05, 0) is 43.0 Å². The molecule has 1 aliphatic rings. The number of carbonyl (C=O) groups excluding carboxylic acids is 1. The van der Waals surface area contributed by atoms with Gasteiger partial charge in [-0.3, -0.25) is 4.79 Å². The first-order valence-corrected chi connectivity index (χ1v) is 5.42. The summed E-state index contributed by atoms with van der Waals surface area (Å²) in [5.74, 6) is -1.11. The molecule has 0 spiro atoms. The number of hydrogen-bond acceptors (Lipinski definition) is 2. The van der Waals surface area contributed by atoms with Crippen molar-refractivity contribution in [1.82, 2.24) is 0 Å². The molecule has 92 valence electrons. The average molecular weight is 243 g/mol. The van der Waals surface area contributed by atoms with Crippen LogP contribution in [0.25, 0.3) is 0 Å². The number of carbonyl (C=O) groups is 1. The van der Waals surface area contributed by atoms with E-state index in [1.54, 1.807) is 0 Å². The fourth-order valence-electron chi connectivity index (χ4n) is 1.49. The van der Waals surface area contributed by atoms with Crippen molar-refractivity contribution in [2.75, 3.05) is 11.9 Å².